The van der Waals surface area contributed by atoms with Crippen LogP contribution in [0.1, 0.15) is 26.3 Å². The smallest absolute Gasteiger partial charge is 0.255 e. The molecule has 2 amide bonds. The van der Waals surface area contributed by atoms with Gasteiger partial charge in [0, 0.05) is 23.4 Å². The maximum atomic E-state index is 12.7. The minimum Gasteiger partial charge on any atom is -0.495 e. The number of amides is 2. The number of hydrogen-bond acceptors (Lipinski definition) is 5. The molecule has 1 aliphatic heterocycles. The molecule has 0 radical (unpaired) electrons. The zero-order chi connectivity index (χ0) is 23.6. The van der Waals surface area contributed by atoms with Crippen molar-refractivity contribution < 1.29 is 22.7 Å². The quantitative estimate of drug-likeness (QED) is 0.580. The van der Waals surface area contributed by atoms with E-state index >= 15 is 0 Å². The first-order valence-electron chi connectivity index (χ1n) is 10.2. The van der Waals surface area contributed by atoms with Crippen LogP contribution in [0.2, 0.25) is 0 Å². The highest BCUT2D eigenvalue weighted by molar-refractivity contribution is 7.92. The first-order chi connectivity index (χ1) is 15.8. The van der Waals surface area contributed by atoms with Crippen LogP contribution in [0.5, 0.6) is 5.75 Å². The van der Waals surface area contributed by atoms with Crippen molar-refractivity contribution in [2.24, 2.45) is 0 Å². The molecule has 8 nitrogen and oxygen atoms in total. The van der Waals surface area contributed by atoms with E-state index in [1.54, 1.807) is 60.7 Å². The third-order valence-electron chi connectivity index (χ3n) is 5.36. The SMILES string of the molecule is COc1ccccc1NC(=O)c1ccc(NC(=O)c2ccc3c(c2)CCN3S(C)(=O)=O)cc1. The Bertz CT molecular complexity index is 1320. The average molecular weight is 466 g/mol. The third kappa shape index (κ3) is 4.83. The van der Waals surface area contributed by atoms with Crippen LogP contribution in [0.3, 0.4) is 0 Å². The fourth-order valence-electron chi connectivity index (χ4n) is 3.71. The van der Waals surface area contributed by atoms with Gasteiger partial charge in [-0.1, -0.05) is 12.1 Å². The molecule has 0 saturated heterocycles. The Morgan fingerprint density at radius 1 is 0.909 bits per heavy atom. The highest BCUT2D eigenvalue weighted by Gasteiger charge is 2.26. The molecule has 1 aliphatic rings. The average Bonchev–Trinajstić information content (AvgIpc) is 3.24. The molecule has 0 spiro atoms. The van der Waals surface area contributed by atoms with Crippen LogP contribution in [-0.4, -0.2) is 40.1 Å². The highest BCUT2D eigenvalue weighted by Crippen LogP contribution is 2.31. The van der Waals surface area contributed by atoms with Gasteiger partial charge in [0.1, 0.15) is 5.75 Å². The number of nitrogens with one attached hydrogen (secondary N) is 2. The van der Waals surface area contributed by atoms with Gasteiger partial charge in [-0.05, 0) is 66.6 Å². The van der Waals surface area contributed by atoms with E-state index in [1.165, 1.54) is 17.7 Å². The maximum Gasteiger partial charge on any atom is 0.255 e. The molecule has 0 aromatic heterocycles. The topological polar surface area (TPSA) is 105 Å². The monoisotopic (exact) mass is 465 g/mol. The second-order valence-electron chi connectivity index (χ2n) is 7.61. The molecule has 3 aromatic carbocycles. The number of nitrogens with zero attached hydrogens (tertiary/aromatic N) is 1. The number of para-hydroxylation sites is 2. The number of carbonyl (C=O) groups is 2. The summed E-state index contributed by atoms with van der Waals surface area (Å²) in [6, 6.07) is 18.6. The largest absolute Gasteiger partial charge is 0.495 e. The van der Waals surface area contributed by atoms with Crippen LogP contribution in [0.4, 0.5) is 17.1 Å². The Labute approximate surface area is 192 Å². The number of hydrogen-bond donors (Lipinski definition) is 2. The van der Waals surface area contributed by atoms with E-state index < -0.39 is 10.0 Å². The molecular formula is C24H23N3O5S. The summed E-state index contributed by atoms with van der Waals surface area (Å²) in [6.45, 7) is 0.373. The molecule has 0 saturated carbocycles. The summed E-state index contributed by atoms with van der Waals surface area (Å²) in [6.07, 6.45) is 1.72. The highest BCUT2D eigenvalue weighted by atomic mass is 32.2. The van der Waals surface area contributed by atoms with Crippen molar-refractivity contribution in [3.63, 3.8) is 0 Å². The number of ether oxygens (including phenoxy) is 1. The van der Waals surface area contributed by atoms with E-state index in [9.17, 15) is 18.0 Å². The van der Waals surface area contributed by atoms with E-state index in [1.807, 2.05) is 6.07 Å². The van der Waals surface area contributed by atoms with E-state index in [0.29, 0.717) is 46.9 Å². The Balaban J connectivity index is 1.43. The molecule has 0 unspecified atom stereocenters. The number of benzene rings is 3. The molecular weight excluding hydrogens is 442 g/mol. The predicted molar refractivity (Wildman–Crippen MR) is 128 cm³/mol. The van der Waals surface area contributed by atoms with Crippen molar-refractivity contribution in [3.8, 4) is 5.75 Å². The molecule has 1 heterocycles. The van der Waals surface area contributed by atoms with Crippen LogP contribution in [0.15, 0.2) is 66.7 Å². The van der Waals surface area contributed by atoms with Gasteiger partial charge in [-0.25, -0.2) is 8.42 Å². The Morgan fingerprint density at radius 2 is 1.58 bits per heavy atom. The summed E-state index contributed by atoms with van der Waals surface area (Å²) in [7, 11) is -1.81. The lowest BCUT2D eigenvalue weighted by Gasteiger charge is -2.16. The Morgan fingerprint density at radius 3 is 2.27 bits per heavy atom. The molecule has 3 aromatic rings. The zero-order valence-electron chi connectivity index (χ0n) is 18.2. The van der Waals surface area contributed by atoms with Gasteiger partial charge in [-0.2, -0.15) is 0 Å². The summed E-state index contributed by atoms with van der Waals surface area (Å²) in [4.78, 5) is 25.2. The number of sulfonamides is 1. The fourth-order valence-corrected chi connectivity index (χ4v) is 4.67. The van der Waals surface area contributed by atoms with Crippen LogP contribution in [-0.2, 0) is 16.4 Å². The van der Waals surface area contributed by atoms with E-state index in [0.717, 1.165) is 5.56 Å². The van der Waals surface area contributed by atoms with E-state index in [4.69, 9.17) is 4.74 Å². The van der Waals surface area contributed by atoms with Crippen molar-refractivity contribution in [1.82, 2.24) is 0 Å². The van der Waals surface area contributed by atoms with Crippen LogP contribution in [0, 0.1) is 0 Å². The third-order valence-corrected chi connectivity index (χ3v) is 6.54. The standard InChI is InChI=1S/C24H23N3O5S/c1-32-22-6-4-3-5-20(22)26-23(28)16-7-10-19(11-8-16)25-24(29)18-9-12-21-17(15-18)13-14-27(21)33(2,30)31/h3-12,15H,13-14H2,1-2H3,(H,25,29)(H,26,28). The van der Waals surface area contributed by atoms with Crippen LogP contribution in [0.25, 0.3) is 0 Å². The number of methoxy groups -OCH3 is 1. The summed E-state index contributed by atoms with van der Waals surface area (Å²) in [5.41, 5.74) is 3.39. The molecule has 9 heteroatoms. The zero-order valence-corrected chi connectivity index (χ0v) is 19.0. The molecule has 0 fully saturated rings. The maximum absolute atomic E-state index is 12.7. The fraction of sp³-hybridized carbons (Fsp3) is 0.167. The van der Waals surface area contributed by atoms with Gasteiger partial charge >= 0.3 is 0 Å². The van der Waals surface area contributed by atoms with Gasteiger partial charge in [0.05, 0.1) is 24.7 Å². The normalized spacial score (nSPS) is 12.7. The Kier molecular flexibility index (Phi) is 6.06. The molecule has 0 aliphatic carbocycles. The van der Waals surface area contributed by atoms with Crippen molar-refractivity contribution in [3.05, 3.63) is 83.4 Å². The second kappa shape index (κ2) is 8.95. The van der Waals surface area contributed by atoms with Gasteiger partial charge in [-0.3, -0.25) is 13.9 Å². The van der Waals surface area contributed by atoms with Gasteiger partial charge in [0.15, 0.2) is 0 Å². The second-order valence-corrected chi connectivity index (χ2v) is 9.52. The van der Waals surface area contributed by atoms with Crippen LogP contribution < -0.4 is 19.7 Å². The number of anilines is 3. The van der Waals surface area contributed by atoms with E-state index in [-0.39, 0.29) is 11.8 Å². The number of rotatable bonds is 6. The molecule has 33 heavy (non-hydrogen) atoms. The van der Waals surface area contributed by atoms with Gasteiger partial charge in [-0.15, -0.1) is 0 Å². The number of fused-ring (bicyclic) bond motifs is 1. The summed E-state index contributed by atoms with van der Waals surface area (Å²) in [5, 5.41) is 5.61. The first-order valence-corrected chi connectivity index (χ1v) is 12.1. The minimum absolute atomic E-state index is 0.300. The first kappa shape index (κ1) is 22.3. The van der Waals surface area contributed by atoms with Crippen molar-refractivity contribution in [2.75, 3.05) is 34.8 Å². The molecule has 0 atom stereocenters. The number of carbonyl (C=O) groups excluding carboxylic acids is 2. The summed E-state index contributed by atoms with van der Waals surface area (Å²) < 4.78 is 30.3. The van der Waals surface area contributed by atoms with Crippen molar-refractivity contribution >= 4 is 38.9 Å². The Hall–Kier alpha value is -3.85. The molecule has 170 valence electrons. The van der Waals surface area contributed by atoms with Crippen LogP contribution >= 0.6 is 0 Å². The lowest BCUT2D eigenvalue weighted by Crippen LogP contribution is -2.27. The molecule has 2 N–H and O–H groups in total. The van der Waals surface area contributed by atoms with Crippen molar-refractivity contribution in [2.45, 2.75) is 6.42 Å². The van der Waals surface area contributed by atoms with Gasteiger partial charge in [0.2, 0.25) is 10.0 Å². The lowest BCUT2D eigenvalue weighted by atomic mass is 10.1. The molecule has 0 bridgehead atoms. The minimum atomic E-state index is -3.34. The molecule has 4 rings (SSSR count). The predicted octanol–water partition coefficient (Wildman–Crippen LogP) is 3.52. The lowest BCUT2D eigenvalue weighted by molar-refractivity contribution is 0.101. The summed E-state index contributed by atoms with van der Waals surface area (Å²) >= 11 is 0. The van der Waals surface area contributed by atoms with Crippen molar-refractivity contribution in [1.29, 1.82) is 0 Å². The van der Waals surface area contributed by atoms with Gasteiger partial charge in [0.25, 0.3) is 11.8 Å². The summed E-state index contributed by atoms with van der Waals surface area (Å²) in [5.74, 6) is -0.0583. The van der Waals surface area contributed by atoms with E-state index in [2.05, 4.69) is 10.6 Å². The van der Waals surface area contributed by atoms with Gasteiger partial charge < -0.3 is 15.4 Å².